The number of aliphatic carboxylic acids is 1. The van der Waals surface area contributed by atoms with Gasteiger partial charge in [-0.25, -0.2) is 4.79 Å². The maximum absolute atomic E-state index is 11.2. The molecule has 0 aromatic rings. The number of rotatable bonds is 7. The van der Waals surface area contributed by atoms with Gasteiger partial charge in [-0.05, 0) is 19.8 Å². The molecular weight excluding hydrogens is 212 g/mol. The van der Waals surface area contributed by atoms with Crippen molar-refractivity contribution in [2.24, 2.45) is 0 Å². The van der Waals surface area contributed by atoms with Crippen molar-refractivity contribution in [3.63, 3.8) is 0 Å². The quantitative estimate of drug-likeness (QED) is 0.424. The van der Waals surface area contributed by atoms with Gasteiger partial charge in [0.2, 0.25) is 5.91 Å². The van der Waals surface area contributed by atoms with Gasteiger partial charge in [-0.2, -0.15) is 0 Å². The highest BCUT2D eigenvalue weighted by Gasteiger charge is 2.29. The van der Waals surface area contributed by atoms with E-state index < -0.39 is 11.6 Å². The second-order valence-electron chi connectivity index (χ2n) is 4.35. The van der Waals surface area contributed by atoms with Crippen molar-refractivity contribution in [1.29, 1.82) is 0 Å². The number of carbonyl (C=O) groups excluding carboxylic acids is 1. The molecule has 1 unspecified atom stereocenters. The van der Waals surface area contributed by atoms with Crippen molar-refractivity contribution in [2.75, 3.05) is 13.1 Å². The zero-order valence-corrected chi connectivity index (χ0v) is 9.32. The van der Waals surface area contributed by atoms with E-state index >= 15 is 0 Å². The first-order chi connectivity index (χ1) is 7.42. The Kier molecular flexibility index (Phi) is 4.26. The van der Waals surface area contributed by atoms with Crippen LogP contribution in [0, 0.1) is 0 Å². The lowest BCUT2D eigenvalue weighted by Crippen LogP contribution is -2.45. The fourth-order valence-electron chi connectivity index (χ4n) is 1.14. The highest BCUT2D eigenvalue weighted by Crippen LogP contribution is 2.18. The Labute approximate surface area is 94.0 Å². The number of carboxylic acids is 1. The van der Waals surface area contributed by atoms with E-state index in [0.29, 0.717) is 19.0 Å². The molecule has 0 heterocycles. The van der Waals surface area contributed by atoms with Gasteiger partial charge in [0.05, 0.1) is 0 Å². The summed E-state index contributed by atoms with van der Waals surface area (Å²) >= 11 is 0. The molecule has 6 nitrogen and oxygen atoms in total. The predicted octanol–water partition coefficient (Wildman–Crippen LogP) is -0.920. The van der Waals surface area contributed by atoms with Crippen molar-refractivity contribution in [1.82, 2.24) is 10.6 Å². The molecule has 1 atom stereocenters. The molecule has 0 spiro atoms. The largest absolute Gasteiger partial charge is 0.479 e. The SMILES string of the molecule is CC(O)(CNCCC(=O)NC1CC1)C(=O)O. The third kappa shape index (κ3) is 4.59. The van der Waals surface area contributed by atoms with Crippen LogP contribution in [0.3, 0.4) is 0 Å². The smallest absolute Gasteiger partial charge is 0.336 e. The molecule has 1 aliphatic rings. The van der Waals surface area contributed by atoms with E-state index in [-0.39, 0.29) is 12.5 Å². The molecule has 1 saturated carbocycles. The fraction of sp³-hybridized carbons (Fsp3) is 0.800. The molecule has 0 aromatic carbocycles. The maximum Gasteiger partial charge on any atom is 0.336 e. The monoisotopic (exact) mass is 230 g/mol. The second-order valence-corrected chi connectivity index (χ2v) is 4.35. The zero-order chi connectivity index (χ0) is 12.2. The molecular formula is C10H18N2O4. The summed E-state index contributed by atoms with van der Waals surface area (Å²) in [6, 6.07) is 0.342. The number of carboxylic acid groups (broad SMARTS) is 1. The highest BCUT2D eigenvalue weighted by atomic mass is 16.4. The van der Waals surface area contributed by atoms with Crippen molar-refractivity contribution in [2.45, 2.75) is 37.8 Å². The second kappa shape index (κ2) is 5.27. The summed E-state index contributed by atoms with van der Waals surface area (Å²) in [5, 5.41) is 23.5. The predicted molar refractivity (Wildman–Crippen MR) is 56.9 cm³/mol. The van der Waals surface area contributed by atoms with Crippen LogP contribution < -0.4 is 10.6 Å². The van der Waals surface area contributed by atoms with E-state index in [0.717, 1.165) is 12.8 Å². The van der Waals surface area contributed by atoms with Crippen LogP contribution in [-0.4, -0.2) is 46.8 Å². The van der Waals surface area contributed by atoms with Crippen LogP contribution in [0.15, 0.2) is 0 Å². The number of amides is 1. The van der Waals surface area contributed by atoms with Gasteiger partial charge >= 0.3 is 5.97 Å². The minimum absolute atomic E-state index is 0.0371. The number of aliphatic hydroxyl groups is 1. The van der Waals surface area contributed by atoms with E-state index in [1.165, 1.54) is 6.92 Å². The number of nitrogens with one attached hydrogen (secondary N) is 2. The van der Waals surface area contributed by atoms with E-state index in [1.807, 2.05) is 0 Å². The highest BCUT2D eigenvalue weighted by molar-refractivity contribution is 5.77. The summed E-state index contributed by atoms with van der Waals surface area (Å²) in [4.78, 5) is 21.8. The first-order valence-corrected chi connectivity index (χ1v) is 5.37. The molecule has 0 radical (unpaired) electrons. The van der Waals surface area contributed by atoms with Crippen LogP contribution in [0.1, 0.15) is 26.2 Å². The first-order valence-electron chi connectivity index (χ1n) is 5.37. The molecule has 1 aliphatic carbocycles. The van der Waals surface area contributed by atoms with Crippen molar-refractivity contribution < 1.29 is 19.8 Å². The molecule has 4 N–H and O–H groups in total. The lowest BCUT2D eigenvalue weighted by Gasteiger charge is -2.18. The summed E-state index contributed by atoms with van der Waals surface area (Å²) in [6.07, 6.45) is 2.39. The summed E-state index contributed by atoms with van der Waals surface area (Å²) in [7, 11) is 0. The maximum atomic E-state index is 11.2. The molecule has 0 aromatic heterocycles. The Morgan fingerprint density at radius 2 is 2.06 bits per heavy atom. The van der Waals surface area contributed by atoms with E-state index in [2.05, 4.69) is 10.6 Å². The average molecular weight is 230 g/mol. The molecule has 16 heavy (non-hydrogen) atoms. The van der Waals surface area contributed by atoms with Crippen LogP contribution in [0.5, 0.6) is 0 Å². The van der Waals surface area contributed by atoms with Crippen LogP contribution in [0.25, 0.3) is 0 Å². The van der Waals surface area contributed by atoms with Gasteiger partial charge in [-0.15, -0.1) is 0 Å². The molecule has 6 heteroatoms. The van der Waals surface area contributed by atoms with Gasteiger partial charge in [-0.3, -0.25) is 4.79 Å². The van der Waals surface area contributed by atoms with Gasteiger partial charge in [0.15, 0.2) is 5.60 Å². The standard InChI is InChI=1S/C10H18N2O4/c1-10(16,9(14)15)6-11-5-4-8(13)12-7-2-3-7/h7,11,16H,2-6H2,1H3,(H,12,13)(H,14,15). The minimum Gasteiger partial charge on any atom is -0.479 e. The molecule has 1 fully saturated rings. The summed E-state index contributed by atoms with van der Waals surface area (Å²) < 4.78 is 0. The van der Waals surface area contributed by atoms with Crippen LogP contribution >= 0.6 is 0 Å². The molecule has 0 bridgehead atoms. The van der Waals surface area contributed by atoms with Gasteiger partial charge in [0.1, 0.15) is 0 Å². The van der Waals surface area contributed by atoms with Gasteiger partial charge in [0, 0.05) is 25.6 Å². The molecule has 1 amide bonds. The van der Waals surface area contributed by atoms with Crippen molar-refractivity contribution in [3.8, 4) is 0 Å². The van der Waals surface area contributed by atoms with Crippen LogP contribution in [0.4, 0.5) is 0 Å². The van der Waals surface area contributed by atoms with Crippen molar-refractivity contribution in [3.05, 3.63) is 0 Å². The van der Waals surface area contributed by atoms with Crippen molar-refractivity contribution >= 4 is 11.9 Å². The third-order valence-electron chi connectivity index (χ3n) is 2.40. The number of carbonyl (C=O) groups is 2. The number of hydrogen-bond donors (Lipinski definition) is 4. The Balaban J connectivity index is 2.06. The first kappa shape index (κ1) is 12.9. The molecule has 0 aliphatic heterocycles. The average Bonchev–Trinajstić information content (AvgIpc) is 2.96. The normalized spacial score (nSPS) is 18.9. The van der Waals surface area contributed by atoms with E-state index in [9.17, 15) is 14.7 Å². The Morgan fingerprint density at radius 3 is 2.56 bits per heavy atom. The van der Waals surface area contributed by atoms with Crippen LogP contribution in [-0.2, 0) is 9.59 Å². The Hall–Kier alpha value is -1.14. The Morgan fingerprint density at radius 1 is 1.44 bits per heavy atom. The molecule has 92 valence electrons. The Bertz CT molecular complexity index is 274. The van der Waals surface area contributed by atoms with E-state index in [4.69, 9.17) is 5.11 Å². The van der Waals surface area contributed by atoms with E-state index in [1.54, 1.807) is 0 Å². The van der Waals surface area contributed by atoms with Gasteiger partial charge in [-0.1, -0.05) is 0 Å². The van der Waals surface area contributed by atoms with Crippen LogP contribution in [0.2, 0.25) is 0 Å². The lowest BCUT2D eigenvalue weighted by atomic mass is 10.1. The fourth-order valence-corrected chi connectivity index (χ4v) is 1.14. The summed E-state index contributed by atoms with van der Waals surface area (Å²) in [5.41, 5.74) is -1.78. The zero-order valence-electron chi connectivity index (χ0n) is 9.32. The number of hydrogen-bond acceptors (Lipinski definition) is 4. The van der Waals surface area contributed by atoms with Gasteiger partial charge < -0.3 is 20.8 Å². The van der Waals surface area contributed by atoms with Gasteiger partial charge in [0.25, 0.3) is 0 Å². The molecule has 1 rings (SSSR count). The summed E-state index contributed by atoms with van der Waals surface area (Å²) in [5.74, 6) is -1.31. The summed E-state index contributed by atoms with van der Waals surface area (Å²) in [6.45, 7) is 1.51. The third-order valence-corrected chi connectivity index (χ3v) is 2.40. The molecule has 0 saturated heterocycles. The lowest BCUT2D eigenvalue weighted by molar-refractivity contribution is -0.156. The topological polar surface area (TPSA) is 98.7 Å². The minimum atomic E-state index is -1.78.